The predicted octanol–water partition coefficient (Wildman–Crippen LogP) is 2.84. The Morgan fingerprint density at radius 1 is 1.43 bits per heavy atom. The molecule has 1 rings (SSSR count). The average Bonchev–Trinajstić information content (AvgIpc) is 2.37. The summed E-state index contributed by atoms with van der Waals surface area (Å²) < 4.78 is 39.8. The van der Waals surface area contributed by atoms with E-state index in [0.717, 1.165) is 12.1 Å². The highest BCUT2D eigenvalue weighted by Crippen LogP contribution is 2.26. The minimum absolute atomic E-state index is 0.0795. The molecule has 21 heavy (non-hydrogen) atoms. The Morgan fingerprint density at radius 2 is 2.00 bits per heavy atom. The molecular formula is C13H17ClFNO4S. The van der Waals surface area contributed by atoms with Crippen LogP contribution in [0.25, 0.3) is 0 Å². The Bertz CT molecular complexity index is 646. The van der Waals surface area contributed by atoms with Crippen LogP contribution in [-0.4, -0.2) is 36.9 Å². The third-order valence-corrected chi connectivity index (χ3v) is 5.09. The van der Waals surface area contributed by atoms with Gasteiger partial charge in [0.25, 0.3) is 0 Å². The van der Waals surface area contributed by atoms with Crippen LogP contribution in [-0.2, 0) is 10.0 Å². The number of hydrogen-bond donors (Lipinski definition) is 1. The van der Waals surface area contributed by atoms with Crippen LogP contribution in [0.3, 0.4) is 0 Å². The van der Waals surface area contributed by atoms with Gasteiger partial charge in [0, 0.05) is 13.1 Å². The molecule has 0 atom stereocenters. The SMILES string of the molecule is CCN(CC(C)C)S(=O)(=O)c1cc(F)c(Cl)c(C(=O)O)c1. The van der Waals surface area contributed by atoms with Crippen molar-refractivity contribution < 1.29 is 22.7 Å². The average molecular weight is 338 g/mol. The van der Waals surface area contributed by atoms with Crippen LogP contribution < -0.4 is 0 Å². The Kier molecular flexibility index (Phi) is 5.72. The molecule has 0 aromatic heterocycles. The summed E-state index contributed by atoms with van der Waals surface area (Å²) in [7, 11) is -3.97. The number of benzene rings is 1. The first-order chi connectivity index (χ1) is 9.61. The first-order valence-electron chi connectivity index (χ1n) is 6.33. The number of carboxylic acid groups (broad SMARTS) is 1. The lowest BCUT2D eigenvalue weighted by atomic mass is 10.2. The quantitative estimate of drug-likeness (QED) is 0.866. The number of halogens is 2. The molecule has 0 spiro atoms. The topological polar surface area (TPSA) is 74.7 Å². The molecule has 0 saturated carbocycles. The lowest BCUT2D eigenvalue weighted by molar-refractivity contribution is 0.0696. The molecule has 0 saturated heterocycles. The summed E-state index contributed by atoms with van der Waals surface area (Å²) >= 11 is 5.54. The van der Waals surface area contributed by atoms with Gasteiger partial charge in [-0.2, -0.15) is 4.31 Å². The van der Waals surface area contributed by atoms with Gasteiger partial charge < -0.3 is 5.11 Å². The maximum atomic E-state index is 13.7. The number of carbonyl (C=O) groups is 1. The van der Waals surface area contributed by atoms with Crippen molar-refractivity contribution in [3.63, 3.8) is 0 Å². The van der Waals surface area contributed by atoms with E-state index >= 15 is 0 Å². The summed E-state index contributed by atoms with van der Waals surface area (Å²) in [5, 5.41) is 8.36. The summed E-state index contributed by atoms with van der Waals surface area (Å²) in [6.07, 6.45) is 0. The lowest BCUT2D eigenvalue weighted by Gasteiger charge is -2.22. The molecule has 0 unspecified atom stereocenters. The van der Waals surface area contributed by atoms with E-state index in [-0.39, 0.29) is 19.0 Å². The van der Waals surface area contributed by atoms with Gasteiger partial charge in [-0.1, -0.05) is 32.4 Å². The van der Waals surface area contributed by atoms with E-state index in [9.17, 15) is 17.6 Å². The predicted molar refractivity (Wildman–Crippen MR) is 77.6 cm³/mol. The highest BCUT2D eigenvalue weighted by molar-refractivity contribution is 7.89. The van der Waals surface area contributed by atoms with Crippen molar-refractivity contribution >= 4 is 27.6 Å². The van der Waals surface area contributed by atoms with Crippen LogP contribution in [0.1, 0.15) is 31.1 Å². The van der Waals surface area contributed by atoms with Crippen molar-refractivity contribution in [2.24, 2.45) is 5.92 Å². The Hall–Kier alpha value is -1.18. The van der Waals surface area contributed by atoms with Crippen molar-refractivity contribution in [1.29, 1.82) is 0 Å². The number of hydrogen-bond acceptors (Lipinski definition) is 3. The van der Waals surface area contributed by atoms with Crippen LogP contribution in [0.2, 0.25) is 5.02 Å². The first kappa shape index (κ1) is 17.9. The molecule has 0 fully saturated rings. The van der Waals surface area contributed by atoms with Gasteiger partial charge in [0.15, 0.2) is 0 Å². The smallest absolute Gasteiger partial charge is 0.337 e. The number of carboxylic acids is 1. The Labute approximate surface area is 128 Å². The highest BCUT2D eigenvalue weighted by atomic mass is 35.5. The van der Waals surface area contributed by atoms with E-state index in [4.69, 9.17) is 16.7 Å². The molecule has 0 aliphatic heterocycles. The summed E-state index contributed by atoms with van der Waals surface area (Å²) in [6.45, 7) is 5.82. The highest BCUT2D eigenvalue weighted by Gasteiger charge is 2.27. The fraction of sp³-hybridized carbons (Fsp3) is 0.462. The molecule has 1 aromatic rings. The van der Waals surface area contributed by atoms with Crippen LogP contribution >= 0.6 is 11.6 Å². The van der Waals surface area contributed by atoms with E-state index in [1.54, 1.807) is 6.92 Å². The second-order valence-electron chi connectivity index (χ2n) is 4.92. The number of nitrogens with zero attached hydrogens (tertiary/aromatic N) is 1. The van der Waals surface area contributed by atoms with Crippen LogP contribution in [0.15, 0.2) is 17.0 Å². The minimum Gasteiger partial charge on any atom is -0.478 e. The van der Waals surface area contributed by atoms with Crippen molar-refractivity contribution in [2.45, 2.75) is 25.7 Å². The standard InChI is InChI=1S/C13H17ClFNO4S/c1-4-16(7-8(2)3)21(19,20)9-5-10(13(17)18)12(14)11(15)6-9/h5-6,8H,4,7H2,1-3H3,(H,17,18). The summed E-state index contributed by atoms with van der Waals surface area (Å²) in [6, 6.07) is 1.62. The molecule has 0 bridgehead atoms. The zero-order valence-electron chi connectivity index (χ0n) is 11.9. The van der Waals surface area contributed by atoms with Gasteiger partial charge in [0.1, 0.15) is 5.82 Å². The third kappa shape index (κ3) is 3.93. The van der Waals surface area contributed by atoms with Gasteiger partial charge >= 0.3 is 5.97 Å². The molecule has 0 aliphatic rings. The monoisotopic (exact) mass is 337 g/mol. The van der Waals surface area contributed by atoms with Gasteiger partial charge in [-0.25, -0.2) is 17.6 Å². The molecular weight excluding hydrogens is 321 g/mol. The van der Waals surface area contributed by atoms with E-state index in [0.29, 0.717) is 0 Å². The van der Waals surface area contributed by atoms with Gasteiger partial charge in [0.05, 0.1) is 15.5 Å². The molecule has 5 nitrogen and oxygen atoms in total. The van der Waals surface area contributed by atoms with E-state index in [1.165, 1.54) is 4.31 Å². The van der Waals surface area contributed by atoms with Crippen LogP contribution in [0, 0.1) is 11.7 Å². The molecule has 0 radical (unpaired) electrons. The van der Waals surface area contributed by atoms with E-state index in [2.05, 4.69) is 0 Å². The Morgan fingerprint density at radius 3 is 2.43 bits per heavy atom. The molecule has 0 aliphatic carbocycles. The maximum absolute atomic E-state index is 13.7. The first-order valence-corrected chi connectivity index (χ1v) is 8.15. The van der Waals surface area contributed by atoms with Crippen molar-refractivity contribution in [1.82, 2.24) is 4.31 Å². The van der Waals surface area contributed by atoms with Crippen LogP contribution in [0.4, 0.5) is 4.39 Å². The van der Waals surface area contributed by atoms with E-state index in [1.807, 2.05) is 13.8 Å². The second-order valence-corrected chi connectivity index (χ2v) is 7.24. The second kappa shape index (κ2) is 6.72. The van der Waals surface area contributed by atoms with Gasteiger partial charge in [-0.3, -0.25) is 0 Å². The third-order valence-electron chi connectivity index (χ3n) is 2.79. The number of aromatic carboxylic acids is 1. The number of sulfonamides is 1. The van der Waals surface area contributed by atoms with Gasteiger partial charge in [-0.15, -0.1) is 0 Å². The summed E-state index contributed by atoms with van der Waals surface area (Å²) in [5.74, 6) is -2.48. The van der Waals surface area contributed by atoms with Gasteiger partial charge in [-0.05, 0) is 18.1 Å². The maximum Gasteiger partial charge on any atom is 0.337 e. The summed E-state index contributed by atoms with van der Waals surface area (Å²) in [5.41, 5.74) is -0.573. The lowest BCUT2D eigenvalue weighted by Crippen LogP contribution is -2.34. The van der Waals surface area contributed by atoms with Crippen molar-refractivity contribution in [2.75, 3.05) is 13.1 Å². The van der Waals surface area contributed by atoms with Gasteiger partial charge in [0.2, 0.25) is 10.0 Å². The minimum atomic E-state index is -3.97. The molecule has 0 heterocycles. The zero-order valence-corrected chi connectivity index (χ0v) is 13.5. The molecule has 1 aromatic carbocycles. The Balaban J connectivity index is 3.41. The van der Waals surface area contributed by atoms with Crippen molar-refractivity contribution in [3.05, 3.63) is 28.5 Å². The van der Waals surface area contributed by atoms with E-state index < -0.39 is 37.3 Å². The fourth-order valence-electron chi connectivity index (χ4n) is 1.82. The normalized spacial score (nSPS) is 12.1. The van der Waals surface area contributed by atoms with Crippen LogP contribution in [0.5, 0.6) is 0 Å². The largest absolute Gasteiger partial charge is 0.478 e. The fourth-order valence-corrected chi connectivity index (χ4v) is 3.66. The molecule has 0 amide bonds. The zero-order chi connectivity index (χ0) is 16.4. The van der Waals surface area contributed by atoms with Crippen molar-refractivity contribution in [3.8, 4) is 0 Å². The summed E-state index contributed by atoms with van der Waals surface area (Å²) in [4.78, 5) is 10.6. The molecule has 118 valence electrons. The molecule has 8 heteroatoms. The number of rotatable bonds is 6. The molecule has 1 N–H and O–H groups in total.